The van der Waals surface area contributed by atoms with Crippen LogP contribution in [-0.2, 0) is 9.59 Å². The van der Waals surface area contributed by atoms with Gasteiger partial charge in [0, 0.05) is 20.0 Å². The highest BCUT2D eigenvalue weighted by atomic mass is 16.4. The number of nitrogens with zero attached hydrogens (tertiary/aromatic N) is 1. The van der Waals surface area contributed by atoms with E-state index in [1.54, 1.807) is 25.9 Å². The molecule has 0 saturated heterocycles. The minimum atomic E-state index is -0.802. The summed E-state index contributed by atoms with van der Waals surface area (Å²) in [5.41, 5.74) is -1.30. The summed E-state index contributed by atoms with van der Waals surface area (Å²) in [4.78, 5) is 24.9. The normalized spacial score (nSPS) is 32.4. The molecule has 0 heterocycles. The number of amides is 1. The van der Waals surface area contributed by atoms with Gasteiger partial charge in [-0.3, -0.25) is 9.59 Å². The average molecular weight is 227 g/mol. The van der Waals surface area contributed by atoms with Crippen LogP contribution in [0.5, 0.6) is 0 Å². The fraction of sp³-hybridized carbons (Fsp3) is 0.833. The molecular weight excluding hydrogens is 206 g/mol. The third-order valence-electron chi connectivity index (χ3n) is 4.44. The van der Waals surface area contributed by atoms with Gasteiger partial charge in [0.25, 0.3) is 0 Å². The first-order valence-electron chi connectivity index (χ1n) is 5.59. The first kappa shape index (κ1) is 13.0. The quantitative estimate of drug-likeness (QED) is 0.779. The SMILES string of the molecule is CN(C)C(=O)C1CCC(C)(C(=O)O)C1(C)C. The van der Waals surface area contributed by atoms with Crippen LogP contribution >= 0.6 is 0 Å². The molecule has 0 aliphatic heterocycles. The van der Waals surface area contributed by atoms with E-state index in [-0.39, 0.29) is 11.8 Å². The van der Waals surface area contributed by atoms with E-state index in [0.717, 1.165) is 0 Å². The topological polar surface area (TPSA) is 57.6 Å². The van der Waals surface area contributed by atoms with E-state index in [2.05, 4.69) is 0 Å². The molecule has 16 heavy (non-hydrogen) atoms. The largest absolute Gasteiger partial charge is 0.481 e. The van der Waals surface area contributed by atoms with Gasteiger partial charge in [0.15, 0.2) is 0 Å². The number of hydrogen-bond acceptors (Lipinski definition) is 2. The maximum Gasteiger partial charge on any atom is 0.309 e. The molecule has 1 amide bonds. The summed E-state index contributed by atoms with van der Waals surface area (Å²) >= 11 is 0. The lowest BCUT2D eigenvalue weighted by Gasteiger charge is -2.38. The van der Waals surface area contributed by atoms with Gasteiger partial charge in [-0.15, -0.1) is 0 Å². The van der Waals surface area contributed by atoms with Gasteiger partial charge in [0.05, 0.1) is 5.41 Å². The molecule has 1 saturated carbocycles. The highest BCUT2D eigenvalue weighted by Gasteiger charge is 2.58. The van der Waals surface area contributed by atoms with Crippen molar-refractivity contribution in [3.05, 3.63) is 0 Å². The van der Waals surface area contributed by atoms with Crippen molar-refractivity contribution in [2.75, 3.05) is 14.1 Å². The first-order valence-corrected chi connectivity index (χ1v) is 5.59. The molecule has 1 fully saturated rings. The predicted molar refractivity (Wildman–Crippen MR) is 60.9 cm³/mol. The van der Waals surface area contributed by atoms with E-state index in [1.165, 1.54) is 0 Å². The number of aliphatic carboxylic acids is 1. The number of carboxylic acid groups (broad SMARTS) is 1. The summed E-state index contributed by atoms with van der Waals surface area (Å²) < 4.78 is 0. The molecule has 2 unspecified atom stereocenters. The molecule has 1 aliphatic rings. The van der Waals surface area contributed by atoms with Crippen molar-refractivity contribution in [1.29, 1.82) is 0 Å². The smallest absolute Gasteiger partial charge is 0.309 e. The summed E-state index contributed by atoms with van der Waals surface area (Å²) in [7, 11) is 3.43. The Morgan fingerprint density at radius 3 is 2.06 bits per heavy atom. The second-order valence-corrected chi connectivity index (χ2v) is 5.68. The molecule has 1 aliphatic carbocycles. The maximum absolute atomic E-state index is 12.0. The summed E-state index contributed by atoms with van der Waals surface area (Å²) in [6, 6.07) is 0. The molecule has 1 rings (SSSR count). The Labute approximate surface area is 96.6 Å². The number of carbonyl (C=O) groups is 2. The van der Waals surface area contributed by atoms with Crippen LogP contribution in [0, 0.1) is 16.7 Å². The Hall–Kier alpha value is -1.06. The van der Waals surface area contributed by atoms with Gasteiger partial charge in [-0.1, -0.05) is 13.8 Å². The number of rotatable bonds is 2. The summed E-state index contributed by atoms with van der Waals surface area (Å²) in [5, 5.41) is 9.32. The second kappa shape index (κ2) is 3.75. The van der Waals surface area contributed by atoms with Gasteiger partial charge in [0.2, 0.25) is 5.91 Å². The third kappa shape index (κ3) is 1.60. The minimum Gasteiger partial charge on any atom is -0.481 e. The molecule has 4 nitrogen and oxygen atoms in total. The Kier molecular flexibility index (Phi) is 3.05. The number of carbonyl (C=O) groups excluding carboxylic acids is 1. The van der Waals surface area contributed by atoms with E-state index >= 15 is 0 Å². The average Bonchev–Trinajstić information content (AvgIpc) is 2.38. The summed E-state index contributed by atoms with van der Waals surface area (Å²) in [6.07, 6.45) is 1.23. The standard InChI is InChI=1S/C12H21NO3/c1-11(2)8(9(14)13(4)5)6-7-12(11,3)10(15)16/h8H,6-7H2,1-5H3,(H,15,16). The van der Waals surface area contributed by atoms with Gasteiger partial charge >= 0.3 is 5.97 Å². The minimum absolute atomic E-state index is 0.0370. The lowest BCUT2D eigenvalue weighted by molar-refractivity contribution is -0.156. The van der Waals surface area contributed by atoms with Crippen LogP contribution in [0.15, 0.2) is 0 Å². The van der Waals surface area contributed by atoms with Gasteiger partial charge in [0.1, 0.15) is 0 Å². The van der Waals surface area contributed by atoms with Crippen LogP contribution in [0.25, 0.3) is 0 Å². The van der Waals surface area contributed by atoms with E-state index < -0.39 is 16.8 Å². The molecule has 2 atom stereocenters. The van der Waals surface area contributed by atoms with Crippen molar-refractivity contribution in [3.63, 3.8) is 0 Å². The van der Waals surface area contributed by atoms with Crippen molar-refractivity contribution in [1.82, 2.24) is 4.90 Å². The Balaban J connectivity index is 3.05. The Morgan fingerprint density at radius 1 is 1.25 bits per heavy atom. The van der Waals surface area contributed by atoms with E-state index in [9.17, 15) is 14.7 Å². The van der Waals surface area contributed by atoms with Crippen molar-refractivity contribution >= 4 is 11.9 Å². The maximum atomic E-state index is 12.0. The van der Waals surface area contributed by atoms with Crippen LogP contribution < -0.4 is 0 Å². The summed E-state index contributed by atoms with van der Waals surface area (Å²) in [5.74, 6) is -0.954. The van der Waals surface area contributed by atoms with Crippen molar-refractivity contribution in [2.45, 2.75) is 33.6 Å². The lowest BCUT2D eigenvalue weighted by atomic mass is 9.65. The molecule has 0 bridgehead atoms. The van der Waals surface area contributed by atoms with Gasteiger partial charge in [-0.25, -0.2) is 0 Å². The van der Waals surface area contributed by atoms with Crippen LogP contribution in [-0.4, -0.2) is 36.0 Å². The molecular formula is C12H21NO3. The third-order valence-corrected chi connectivity index (χ3v) is 4.44. The predicted octanol–water partition coefficient (Wildman–Crippen LogP) is 1.60. The van der Waals surface area contributed by atoms with E-state index in [1.807, 2.05) is 13.8 Å². The van der Waals surface area contributed by atoms with Gasteiger partial charge in [-0.2, -0.15) is 0 Å². The van der Waals surface area contributed by atoms with Gasteiger partial charge < -0.3 is 10.0 Å². The van der Waals surface area contributed by atoms with Crippen molar-refractivity contribution in [3.8, 4) is 0 Å². The van der Waals surface area contributed by atoms with Crippen LogP contribution in [0.3, 0.4) is 0 Å². The second-order valence-electron chi connectivity index (χ2n) is 5.68. The van der Waals surface area contributed by atoms with E-state index in [0.29, 0.717) is 12.8 Å². The molecule has 0 aromatic heterocycles. The number of hydrogen-bond donors (Lipinski definition) is 1. The molecule has 1 N–H and O–H groups in total. The van der Waals surface area contributed by atoms with Crippen molar-refractivity contribution in [2.24, 2.45) is 16.7 Å². The summed E-state index contributed by atoms with van der Waals surface area (Å²) in [6.45, 7) is 5.53. The zero-order valence-electron chi connectivity index (χ0n) is 10.7. The monoisotopic (exact) mass is 227 g/mol. The first-order chi connectivity index (χ1) is 7.14. The highest BCUT2D eigenvalue weighted by Crippen LogP contribution is 2.56. The lowest BCUT2D eigenvalue weighted by Crippen LogP contribution is -2.45. The molecule has 0 spiro atoms. The molecule has 4 heteroatoms. The van der Waals surface area contributed by atoms with Gasteiger partial charge in [-0.05, 0) is 25.2 Å². The zero-order chi connectivity index (χ0) is 12.7. The Morgan fingerprint density at radius 2 is 1.75 bits per heavy atom. The van der Waals surface area contributed by atoms with Crippen molar-refractivity contribution < 1.29 is 14.7 Å². The molecule has 0 aromatic rings. The molecule has 0 radical (unpaired) electrons. The fourth-order valence-corrected chi connectivity index (χ4v) is 2.63. The molecule has 92 valence electrons. The van der Waals surface area contributed by atoms with E-state index in [4.69, 9.17) is 0 Å². The van der Waals surface area contributed by atoms with Crippen LogP contribution in [0.4, 0.5) is 0 Å². The highest BCUT2D eigenvalue weighted by molar-refractivity contribution is 5.83. The van der Waals surface area contributed by atoms with Crippen LogP contribution in [0.2, 0.25) is 0 Å². The Bertz CT molecular complexity index is 322. The number of carboxylic acids is 1. The molecule has 0 aromatic carbocycles. The van der Waals surface area contributed by atoms with Crippen LogP contribution in [0.1, 0.15) is 33.6 Å². The zero-order valence-corrected chi connectivity index (χ0v) is 10.7. The fourth-order valence-electron chi connectivity index (χ4n) is 2.63.